The van der Waals surface area contributed by atoms with Gasteiger partial charge in [0.05, 0.1) is 17.5 Å². The van der Waals surface area contributed by atoms with Gasteiger partial charge in [0.15, 0.2) is 0 Å². The summed E-state index contributed by atoms with van der Waals surface area (Å²) < 4.78 is 43.7. The maximum absolute atomic E-state index is 10.8. The minimum Gasteiger partial charge on any atom is -0.491 e. The number of benzene rings is 1. The summed E-state index contributed by atoms with van der Waals surface area (Å²) >= 11 is 0. The number of hydrogen-bond donors (Lipinski definition) is 0. The standard InChI is InChI=1S/C15H23BO6S/c1-14(2)15(3,4)22-16(21-14)12-6-8-13(9-7-12)19-10-11-20-23(5,17)18/h6-9H,10-11H2,1-5H3. The van der Waals surface area contributed by atoms with Crippen LogP contribution in [-0.4, -0.2) is 46.2 Å². The summed E-state index contributed by atoms with van der Waals surface area (Å²) in [6, 6.07) is 7.32. The van der Waals surface area contributed by atoms with E-state index >= 15 is 0 Å². The van der Waals surface area contributed by atoms with Gasteiger partial charge in [0.2, 0.25) is 0 Å². The van der Waals surface area contributed by atoms with Gasteiger partial charge < -0.3 is 14.0 Å². The highest BCUT2D eigenvalue weighted by molar-refractivity contribution is 7.85. The van der Waals surface area contributed by atoms with E-state index in [-0.39, 0.29) is 24.4 Å². The van der Waals surface area contributed by atoms with E-state index in [1.807, 2.05) is 39.8 Å². The maximum Gasteiger partial charge on any atom is 0.494 e. The Hall–Kier alpha value is -1.09. The maximum atomic E-state index is 10.8. The monoisotopic (exact) mass is 342 g/mol. The first-order valence-corrected chi connectivity index (χ1v) is 9.25. The summed E-state index contributed by atoms with van der Waals surface area (Å²) in [5.74, 6) is 0.627. The van der Waals surface area contributed by atoms with Crippen molar-refractivity contribution in [2.75, 3.05) is 19.5 Å². The predicted octanol–water partition coefficient (Wildman–Crippen LogP) is 1.34. The van der Waals surface area contributed by atoms with Crippen molar-refractivity contribution < 1.29 is 26.6 Å². The largest absolute Gasteiger partial charge is 0.494 e. The molecule has 1 heterocycles. The van der Waals surface area contributed by atoms with Crippen LogP contribution in [0.5, 0.6) is 5.75 Å². The second-order valence-corrected chi connectivity index (χ2v) is 8.18. The van der Waals surface area contributed by atoms with Crippen molar-refractivity contribution in [2.24, 2.45) is 0 Å². The highest BCUT2D eigenvalue weighted by atomic mass is 32.2. The molecule has 0 unspecified atom stereocenters. The molecule has 0 N–H and O–H groups in total. The molecule has 0 amide bonds. The molecule has 2 rings (SSSR count). The van der Waals surface area contributed by atoms with E-state index in [4.69, 9.17) is 14.0 Å². The lowest BCUT2D eigenvalue weighted by Gasteiger charge is -2.32. The predicted molar refractivity (Wildman–Crippen MR) is 88.4 cm³/mol. The van der Waals surface area contributed by atoms with Crippen LogP contribution in [0, 0.1) is 0 Å². The van der Waals surface area contributed by atoms with Crippen LogP contribution < -0.4 is 10.2 Å². The third kappa shape index (κ3) is 4.70. The zero-order valence-electron chi connectivity index (χ0n) is 14.2. The molecule has 1 saturated heterocycles. The van der Waals surface area contributed by atoms with Crippen molar-refractivity contribution >= 4 is 22.7 Å². The van der Waals surface area contributed by atoms with Gasteiger partial charge in [-0.3, -0.25) is 4.18 Å². The number of hydrogen-bond acceptors (Lipinski definition) is 6. The van der Waals surface area contributed by atoms with Gasteiger partial charge in [-0.1, -0.05) is 12.1 Å². The Bertz CT molecular complexity index is 622. The quantitative estimate of drug-likeness (QED) is 0.441. The first-order chi connectivity index (χ1) is 10.5. The summed E-state index contributed by atoms with van der Waals surface area (Å²) in [5, 5.41) is 0. The molecule has 6 nitrogen and oxygen atoms in total. The van der Waals surface area contributed by atoms with E-state index in [1.54, 1.807) is 12.1 Å². The Morgan fingerprint density at radius 1 is 1.00 bits per heavy atom. The second-order valence-electron chi connectivity index (χ2n) is 6.53. The van der Waals surface area contributed by atoms with Gasteiger partial charge in [0.1, 0.15) is 19.0 Å². The summed E-state index contributed by atoms with van der Waals surface area (Å²) in [6.07, 6.45) is 1.01. The fourth-order valence-electron chi connectivity index (χ4n) is 2.05. The zero-order valence-corrected chi connectivity index (χ0v) is 15.0. The van der Waals surface area contributed by atoms with Gasteiger partial charge in [-0.05, 0) is 45.3 Å². The summed E-state index contributed by atoms with van der Waals surface area (Å²) in [4.78, 5) is 0. The van der Waals surface area contributed by atoms with E-state index in [2.05, 4.69) is 4.18 Å². The van der Waals surface area contributed by atoms with Crippen molar-refractivity contribution in [3.63, 3.8) is 0 Å². The third-order valence-corrected chi connectivity index (χ3v) is 4.65. The fourth-order valence-corrected chi connectivity index (χ4v) is 2.42. The van der Waals surface area contributed by atoms with Crippen LogP contribution >= 0.6 is 0 Å². The number of ether oxygens (including phenoxy) is 1. The molecule has 128 valence electrons. The van der Waals surface area contributed by atoms with Crippen molar-refractivity contribution in [2.45, 2.75) is 38.9 Å². The highest BCUT2D eigenvalue weighted by Gasteiger charge is 2.51. The first kappa shape index (κ1) is 18.3. The van der Waals surface area contributed by atoms with Gasteiger partial charge in [0, 0.05) is 0 Å². The molecule has 0 aliphatic carbocycles. The Morgan fingerprint density at radius 3 is 2.00 bits per heavy atom. The molecule has 0 atom stereocenters. The zero-order chi connectivity index (χ0) is 17.3. The van der Waals surface area contributed by atoms with Gasteiger partial charge in [-0.2, -0.15) is 8.42 Å². The van der Waals surface area contributed by atoms with Gasteiger partial charge in [-0.25, -0.2) is 0 Å². The molecule has 1 aliphatic rings. The van der Waals surface area contributed by atoms with Crippen LogP contribution in [0.1, 0.15) is 27.7 Å². The van der Waals surface area contributed by atoms with E-state index in [1.165, 1.54) is 0 Å². The summed E-state index contributed by atoms with van der Waals surface area (Å²) in [6.45, 7) is 8.16. The summed E-state index contributed by atoms with van der Waals surface area (Å²) in [5.41, 5.74) is 0.148. The lowest BCUT2D eigenvalue weighted by molar-refractivity contribution is 0.00578. The van der Waals surface area contributed by atoms with Crippen molar-refractivity contribution in [1.29, 1.82) is 0 Å². The Labute approximate surface area is 138 Å². The fraction of sp³-hybridized carbons (Fsp3) is 0.600. The van der Waals surface area contributed by atoms with Crippen molar-refractivity contribution in [3.8, 4) is 5.75 Å². The molecule has 0 bridgehead atoms. The van der Waals surface area contributed by atoms with Crippen LogP contribution in [0.3, 0.4) is 0 Å². The van der Waals surface area contributed by atoms with Crippen LogP contribution in [-0.2, 0) is 23.6 Å². The highest BCUT2D eigenvalue weighted by Crippen LogP contribution is 2.36. The first-order valence-electron chi connectivity index (χ1n) is 7.43. The molecule has 8 heteroatoms. The smallest absolute Gasteiger partial charge is 0.491 e. The molecule has 0 radical (unpaired) electrons. The molecule has 0 spiro atoms. The van der Waals surface area contributed by atoms with E-state index in [0.717, 1.165) is 11.7 Å². The van der Waals surface area contributed by atoms with E-state index in [9.17, 15) is 8.42 Å². The molecule has 1 aromatic rings. The molecule has 1 fully saturated rings. The van der Waals surface area contributed by atoms with E-state index < -0.39 is 17.2 Å². The minimum atomic E-state index is -3.43. The topological polar surface area (TPSA) is 71.1 Å². The second kappa shape index (κ2) is 6.43. The van der Waals surface area contributed by atoms with Crippen LogP contribution in [0.25, 0.3) is 0 Å². The molecule has 1 aromatic carbocycles. The van der Waals surface area contributed by atoms with E-state index in [0.29, 0.717) is 5.75 Å². The molecule has 1 aliphatic heterocycles. The average molecular weight is 342 g/mol. The lowest BCUT2D eigenvalue weighted by Crippen LogP contribution is -2.41. The molecule has 23 heavy (non-hydrogen) atoms. The Balaban J connectivity index is 1.91. The van der Waals surface area contributed by atoms with Gasteiger partial charge >= 0.3 is 7.12 Å². The molecule has 0 saturated carbocycles. The van der Waals surface area contributed by atoms with Crippen LogP contribution in [0.15, 0.2) is 24.3 Å². The van der Waals surface area contributed by atoms with Crippen LogP contribution in [0.4, 0.5) is 0 Å². The van der Waals surface area contributed by atoms with Crippen molar-refractivity contribution in [3.05, 3.63) is 24.3 Å². The summed E-state index contributed by atoms with van der Waals surface area (Å²) in [7, 11) is -3.85. The number of rotatable bonds is 6. The Kier molecular flexibility index (Phi) is 5.10. The third-order valence-electron chi connectivity index (χ3n) is 4.05. The Morgan fingerprint density at radius 2 is 1.52 bits per heavy atom. The minimum absolute atomic E-state index is 0.0161. The average Bonchev–Trinajstić information content (AvgIpc) is 2.63. The molecule has 0 aromatic heterocycles. The SMILES string of the molecule is CC1(C)OB(c2ccc(OCCOS(C)(=O)=O)cc2)OC1(C)C. The molecular weight excluding hydrogens is 319 g/mol. The van der Waals surface area contributed by atoms with Crippen molar-refractivity contribution in [1.82, 2.24) is 0 Å². The lowest BCUT2D eigenvalue weighted by atomic mass is 9.79. The molecular formula is C15H23BO6S. The van der Waals surface area contributed by atoms with Crippen LogP contribution in [0.2, 0.25) is 0 Å². The van der Waals surface area contributed by atoms with Gasteiger partial charge in [0.25, 0.3) is 10.1 Å². The van der Waals surface area contributed by atoms with Gasteiger partial charge in [-0.15, -0.1) is 0 Å². The normalized spacial score (nSPS) is 19.8.